The Morgan fingerprint density at radius 3 is 1.22 bits per heavy atom. The van der Waals surface area contributed by atoms with Crippen molar-refractivity contribution in [2.45, 2.75) is 110 Å². The number of hydrogen-bond acceptors (Lipinski definition) is 2. The summed E-state index contributed by atoms with van der Waals surface area (Å²) in [5, 5.41) is 0. The second-order valence-electron chi connectivity index (χ2n) is 6.77. The Balaban J connectivity index is 3.03. The van der Waals surface area contributed by atoms with Gasteiger partial charge in [0.05, 0.1) is 6.16 Å². The second-order valence-corrected chi connectivity index (χ2v) is 11.5. The highest BCUT2D eigenvalue weighted by atomic mass is 32.8. The molecule has 0 rings (SSSR count). The lowest BCUT2D eigenvalue weighted by Gasteiger charge is -2.03. The van der Waals surface area contributed by atoms with Gasteiger partial charge >= 0.3 is 9.74 Å². The predicted molar refractivity (Wildman–Crippen MR) is 106 cm³/mol. The van der Waals surface area contributed by atoms with Gasteiger partial charge in [0.15, 0.2) is 0 Å². The molecule has 140 valence electrons. The lowest BCUT2D eigenvalue weighted by molar-refractivity contribution is 0.502. The summed E-state index contributed by atoms with van der Waals surface area (Å²) in [6.45, 7) is 2.27. The van der Waals surface area contributed by atoms with Crippen LogP contribution in [0.15, 0.2) is 0 Å². The Labute approximate surface area is 146 Å². The molecule has 0 amide bonds. The van der Waals surface area contributed by atoms with Gasteiger partial charge in [0.25, 0.3) is 0 Å². The number of unbranched alkanes of at least 4 members (excludes halogenated alkanes) is 15. The monoisotopic (exact) mass is 367 g/mol. The van der Waals surface area contributed by atoms with Crippen LogP contribution in [0.1, 0.15) is 110 Å². The Kier molecular flexibility index (Phi) is 17.4. The smallest absolute Gasteiger partial charge is 0.257 e. The minimum atomic E-state index is -3.66. The number of hydrogen-bond donors (Lipinski definition) is 1. The van der Waals surface area contributed by atoms with Crippen LogP contribution in [0.25, 0.3) is 0 Å². The first-order valence-corrected chi connectivity index (χ1v) is 13.6. The summed E-state index contributed by atoms with van der Waals surface area (Å²) in [6, 6.07) is 0. The van der Waals surface area contributed by atoms with Crippen LogP contribution in [0.2, 0.25) is 0 Å². The highest BCUT2D eigenvalue weighted by Crippen LogP contribution is 2.21. The van der Waals surface area contributed by atoms with E-state index >= 15 is 0 Å². The highest BCUT2D eigenvalue weighted by molar-refractivity contribution is 8.40. The third kappa shape index (κ3) is 22.3. The van der Waals surface area contributed by atoms with Gasteiger partial charge in [-0.1, -0.05) is 96.8 Å². The Morgan fingerprint density at radius 1 is 0.609 bits per heavy atom. The summed E-state index contributed by atoms with van der Waals surface area (Å²) in [4.78, 5) is 0. The summed E-state index contributed by atoms with van der Waals surface area (Å²) in [7, 11) is -4.46. The summed E-state index contributed by atoms with van der Waals surface area (Å²) >= 11 is 0. The van der Waals surface area contributed by atoms with Crippen LogP contribution < -0.4 is 0 Å². The van der Waals surface area contributed by atoms with Crippen LogP contribution in [0.3, 0.4) is 0 Å². The van der Waals surface area contributed by atoms with Crippen LogP contribution in [0, 0.1) is 0 Å². The first-order valence-electron chi connectivity index (χ1n) is 9.87. The SMILES string of the molecule is CCCCCCCCCCCCCCCCCC[PH2+]S(=O)(=O)O. The van der Waals surface area contributed by atoms with Crippen LogP contribution in [0.5, 0.6) is 0 Å². The van der Waals surface area contributed by atoms with Gasteiger partial charge in [-0.05, 0) is 12.8 Å². The van der Waals surface area contributed by atoms with Crippen molar-refractivity contribution in [1.82, 2.24) is 0 Å². The quantitative estimate of drug-likeness (QED) is 0.172. The Morgan fingerprint density at radius 2 is 0.913 bits per heavy atom. The summed E-state index contributed by atoms with van der Waals surface area (Å²) < 4.78 is 29.8. The average Bonchev–Trinajstić information content (AvgIpc) is 2.49. The molecule has 0 aliphatic heterocycles. The molecule has 0 aliphatic carbocycles. The predicted octanol–water partition coefficient (Wildman–Crippen LogP) is 6.46. The van der Waals surface area contributed by atoms with Crippen LogP contribution >= 0.6 is 7.78 Å². The topological polar surface area (TPSA) is 54.4 Å². The van der Waals surface area contributed by atoms with Crippen molar-refractivity contribution in [1.29, 1.82) is 0 Å². The van der Waals surface area contributed by atoms with Gasteiger partial charge in [-0.25, -0.2) is 0 Å². The molecule has 0 spiro atoms. The molecular formula is C18H40O3PS+. The van der Waals surface area contributed by atoms with Gasteiger partial charge in [0.2, 0.25) is 0 Å². The normalized spacial score (nSPS) is 12.4. The van der Waals surface area contributed by atoms with Crippen LogP contribution in [0.4, 0.5) is 0 Å². The van der Waals surface area contributed by atoms with E-state index in [0.717, 1.165) is 12.8 Å². The fourth-order valence-electron chi connectivity index (χ4n) is 2.92. The van der Waals surface area contributed by atoms with E-state index in [2.05, 4.69) is 6.92 Å². The van der Waals surface area contributed by atoms with Crippen molar-refractivity contribution >= 4 is 17.5 Å². The van der Waals surface area contributed by atoms with E-state index in [0.29, 0.717) is 6.16 Å². The maximum absolute atomic E-state index is 10.6. The molecule has 0 radical (unpaired) electrons. The molecule has 0 aromatic carbocycles. The van der Waals surface area contributed by atoms with Crippen molar-refractivity contribution < 1.29 is 13.0 Å². The zero-order chi connectivity index (χ0) is 17.2. The molecule has 0 aromatic rings. The minimum absolute atomic E-state index is 0.678. The van der Waals surface area contributed by atoms with Crippen molar-refractivity contribution in [3.05, 3.63) is 0 Å². The van der Waals surface area contributed by atoms with Crippen molar-refractivity contribution in [3.63, 3.8) is 0 Å². The Bertz CT molecular complexity index is 331. The molecule has 1 unspecified atom stereocenters. The molecular weight excluding hydrogens is 327 g/mol. The van der Waals surface area contributed by atoms with Gasteiger partial charge in [-0.2, -0.15) is 8.42 Å². The molecule has 5 heteroatoms. The van der Waals surface area contributed by atoms with Gasteiger partial charge in [-0.15, -0.1) is 0 Å². The standard InChI is InChI=1S/C18H39O3PS/c1-2-3-4-5-6-7-8-9-10-11-12-13-14-15-16-17-18-22-23(19,20)21/h22H,2-18H2,1H3,(H,19,20,21)/p+1. The first-order chi connectivity index (χ1) is 11.1. The zero-order valence-corrected chi connectivity index (χ0v) is 17.2. The van der Waals surface area contributed by atoms with Gasteiger partial charge in [-0.3, -0.25) is 4.55 Å². The van der Waals surface area contributed by atoms with Gasteiger partial charge in [0.1, 0.15) is 7.78 Å². The molecule has 0 fully saturated rings. The largest absolute Gasteiger partial charge is 0.376 e. The van der Waals surface area contributed by atoms with E-state index in [1.165, 1.54) is 89.9 Å². The second kappa shape index (κ2) is 17.2. The molecule has 0 bridgehead atoms. The fraction of sp³-hybridized carbons (Fsp3) is 1.00. The summed E-state index contributed by atoms with van der Waals surface area (Å²) in [6.07, 6.45) is 22.0. The average molecular weight is 368 g/mol. The first kappa shape index (κ1) is 23.3. The maximum atomic E-state index is 10.6. The maximum Gasteiger partial charge on any atom is 0.376 e. The van der Waals surface area contributed by atoms with Crippen molar-refractivity contribution in [2.24, 2.45) is 0 Å². The van der Waals surface area contributed by atoms with Crippen molar-refractivity contribution in [2.75, 3.05) is 6.16 Å². The van der Waals surface area contributed by atoms with Crippen molar-refractivity contribution in [3.8, 4) is 0 Å². The summed E-state index contributed by atoms with van der Waals surface area (Å²) in [5.41, 5.74) is 0. The zero-order valence-electron chi connectivity index (χ0n) is 15.3. The molecule has 23 heavy (non-hydrogen) atoms. The van der Waals surface area contributed by atoms with E-state index in [4.69, 9.17) is 4.55 Å². The molecule has 0 saturated heterocycles. The van der Waals surface area contributed by atoms with Gasteiger partial charge in [0, 0.05) is 0 Å². The molecule has 0 aliphatic rings. The minimum Gasteiger partial charge on any atom is -0.257 e. The third-order valence-corrected chi connectivity index (χ3v) is 7.42. The molecule has 1 atom stereocenters. The molecule has 0 heterocycles. The molecule has 1 N–H and O–H groups in total. The number of rotatable bonds is 18. The van der Waals surface area contributed by atoms with E-state index in [9.17, 15) is 8.42 Å². The van der Waals surface area contributed by atoms with E-state index in [1.807, 2.05) is 0 Å². The van der Waals surface area contributed by atoms with E-state index < -0.39 is 17.5 Å². The lowest BCUT2D eigenvalue weighted by Crippen LogP contribution is -1.89. The van der Waals surface area contributed by atoms with E-state index in [-0.39, 0.29) is 0 Å². The highest BCUT2D eigenvalue weighted by Gasteiger charge is 2.09. The van der Waals surface area contributed by atoms with E-state index in [1.54, 1.807) is 0 Å². The fourth-order valence-corrected chi connectivity index (χ4v) is 5.07. The third-order valence-electron chi connectivity index (χ3n) is 4.39. The summed E-state index contributed by atoms with van der Waals surface area (Å²) in [5.74, 6) is 0. The lowest BCUT2D eigenvalue weighted by atomic mass is 10.0. The molecule has 0 saturated carbocycles. The Hall–Kier alpha value is 0.340. The van der Waals surface area contributed by atoms with Gasteiger partial charge < -0.3 is 0 Å². The van der Waals surface area contributed by atoms with Crippen LogP contribution in [-0.2, 0) is 9.74 Å². The molecule has 3 nitrogen and oxygen atoms in total. The molecule has 0 aromatic heterocycles. The van der Waals surface area contributed by atoms with Crippen LogP contribution in [-0.4, -0.2) is 19.1 Å².